The minimum atomic E-state index is -3.83. The lowest BCUT2D eigenvalue weighted by Crippen LogP contribution is -2.51. The standard InChI is InChI=1S/C20H26FN3O6S/c1-20(2,3)29-19(26)23-17(18(25)24-9-5-6-14(24)12-22)10-13-7-8-15(11-16(13)21)30-31(4,27)28/h7-8,11,14,17H,5-6,9-10H2,1-4H3,(H,23,26)/t14-,17?/m0/s1. The fourth-order valence-corrected chi connectivity index (χ4v) is 3.61. The van der Waals surface area contributed by atoms with Gasteiger partial charge in [0.2, 0.25) is 5.91 Å². The normalized spacial score (nSPS) is 17.5. The van der Waals surface area contributed by atoms with Gasteiger partial charge in [0.1, 0.15) is 29.3 Å². The molecule has 1 fully saturated rings. The van der Waals surface area contributed by atoms with Crippen molar-refractivity contribution in [2.45, 2.75) is 57.7 Å². The first-order valence-corrected chi connectivity index (χ1v) is 11.5. The smallest absolute Gasteiger partial charge is 0.408 e. The van der Waals surface area contributed by atoms with Gasteiger partial charge in [-0.25, -0.2) is 9.18 Å². The first-order valence-electron chi connectivity index (χ1n) is 9.66. The second-order valence-corrected chi connectivity index (χ2v) is 9.84. The predicted molar refractivity (Wildman–Crippen MR) is 109 cm³/mol. The van der Waals surface area contributed by atoms with E-state index in [2.05, 4.69) is 15.6 Å². The van der Waals surface area contributed by atoms with Gasteiger partial charge in [0.15, 0.2) is 0 Å². The van der Waals surface area contributed by atoms with Gasteiger partial charge in [-0.15, -0.1) is 0 Å². The number of amides is 2. The molecule has 31 heavy (non-hydrogen) atoms. The number of benzene rings is 1. The number of ether oxygens (including phenoxy) is 1. The fraction of sp³-hybridized carbons (Fsp3) is 0.550. The van der Waals surface area contributed by atoms with E-state index in [-0.39, 0.29) is 17.7 Å². The highest BCUT2D eigenvalue weighted by Gasteiger charge is 2.35. The zero-order chi connectivity index (χ0) is 23.4. The molecule has 1 heterocycles. The van der Waals surface area contributed by atoms with Crippen molar-refractivity contribution in [3.63, 3.8) is 0 Å². The van der Waals surface area contributed by atoms with Crippen molar-refractivity contribution in [1.82, 2.24) is 10.2 Å². The molecule has 0 saturated carbocycles. The number of nitrogens with zero attached hydrogens (tertiary/aromatic N) is 2. The zero-order valence-corrected chi connectivity index (χ0v) is 18.7. The van der Waals surface area contributed by atoms with E-state index in [1.807, 2.05) is 0 Å². The van der Waals surface area contributed by atoms with Crippen LogP contribution in [0.5, 0.6) is 5.75 Å². The molecule has 0 aliphatic carbocycles. The summed E-state index contributed by atoms with van der Waals surface area (Å²) in [6, 6.07) is 3.68. The predicted octanol–water partition coefficient (Wildman–Crippen LogP) is 2.11. The SMILES string of the molecule is CC(C)(C)OC(=O)NC(Cc1ccc(OS(C)(=O)=O)cc1F)C(=O)N1CCC[C@H]1C#N. The van der Waals surface area contributed by atoms with Crippen LogP contribution in [0.15, 0.2) is 18.2 Å². The van der Waals surface area contributed by atoms with Crippen LogP contribution in [0.1, 0.15) is 39.2 Å². The third-order valence-electron chi connectivity index (χ3n) is 4.37. The van der Waals surface area contributed by atoms with Gasteiger partial charge in [0.05, 0.1) is 12.3 Å². The highest BCUT2D eigenvalue weighted by molar-refractivity contribution is 7.86. The molecule has 0 aromatic heterocycles. The van der Waals surface area contributed by atoms with E-state index >= 15 is 0 Å². The van der Waals surface area contributed by atoms with Gasteiger partial charge in [-0.05, 0) is 45.2 Å². The Bertz CT molecular complexity index is 984. The molecule has 1 N–H and O–H groups in total. The molecule has 1 aliphatic heterocycles. The van der Waals surface area contributed by atoms with E-state index < -0.39 is 45.6 Å². The van der Waals surface area contributed by atoms with Crippen molar-refractivity contribution in [3.05, 3.63) is 29.6 Å². The van der Waals surface area contributed by atoms with E-state index in [1.54, 1.807) is 20.8 Å². The van der Waals surface area contributed by atoms with E-state index in [0.717, 1.165) is 12.3 Å². The van der Waals surface area contributed by atoms with Crippen molar-refractivity contribution < 1.29 is 31.3 Å². The van der Waals surface area contributed by atoms with Gasteiger partial charge in [-0.2, -0.15) is 13.7 Å². The van der Waals surface area contributed by atoms with Crippen LogP contribution in [0.3, 0.4) is 0 Å². The lowest BCUT2D eigenvalue weighted by Gasteiger charge is -2.28. The molecule has 2 amide bonds. The van der Waals surface area contributed by atoms with Crippen molar-refractivity contribution in [2.75, 3.05) is 12.8 Å². The number of nitriles is 1. The lowest BCUT2D eigenvalue weighted by molar-refractivity contribution is -0.133. The molecule has 2 atom stereocenters. The highest BCUT2D eigenvalue weighted by atomic mass is 32.2. The van der Waals surface area contributed by atoms with Gasteiger partial charge in [-0.1, -0.05) is 6.07 Å². The second-order valence-electron chi connectivity index (χ2n) is 8.26. The summed E-state index contributed by atoms with van der Waals surface area (Å²) in [6.07, 6.45) is 0.927. The zero-order valence-electron chi connectivity index (χ0n) is 17.8. The number of likely N-dealkylation sites (tertiary alicyclic amines) is 1. The number of alkyl carbamates (subject to hydrolysis) is 1. The third kappa shape index (κ3) is 7.40. The summed E-state index contributed by atoms with van der Waals surface area (Å²) in [5.74, 6) is -1.54. The van der Waals surface area contributed by atoms with Crippen molar-refractivity contribution in [1.29, 1.82) is 5.26 Å². The van der Waals surface area contributed by atoms with Gasteiger partial charge in [-0.3, -0.25) is 4.79 Å². The summed E-state index contributed by atoms with van der Waals surface area (Å²) in [5, 5.41) is 11.7. The Labute approximate surface area is 181 Å². The minimum absolute atomic E-state index is 0.0583. The summed E-state index contributed by atoms with van der Waals surface area (Å²) in [7, 11) is -3.83. The van der Waals surface area contributed by atoms with E-state index in [0.29, 0.717) is 19.4 Å². The molecule has 1 saturated heterocycles. The second kappa shape index (κ2) is 9.51. The van der Waals surface area contributed by atoms with Crippen LogP contribution in [-0.2, 0) is 26.1 Å². The maximum absolute atomic E-state index is 14.6. The Morgan fingerprint density at radius 1 is 1.39 bits per heavy atom. The first kappa shape index (κ1) is 24.4. The maximum Gasteiger partial charge on any atom is 0.408 e. The molecule has 9 nitrogen and oxygen atoms in total. The molecule has 11 heteroatoms. The van der Waals surface area contributed by atoms with E-state index in [9.17, 15) is 27.7 Å². The Kier molecular flexibility index (Phi) is 7.49. The van der Waals surface area contributed by atoms with Crippen LogP contribution in [0.4, 0.5) is 9.18 Å². The number of hydrogen-bond acceptors (Lipinski definition) is 7. The van der Waals surface area contributed by atoms with E-state index in [1.165, 1.54) is 17.0 Å². The molecule has 1 aromatic rings. The number of halogens is 1. The molecule has 1 unspecified atom stereocenters. The quantitative estimate of drug-likeness (QED) is 0.651. The Balaban J connectivity index is 2.27. The number of carbonyl (C=O) groups excluding carboxylic acids is 2. The molecule has 1 aromatic carbocycles. The van der Waals surface area contributed by atoms with Crippen LogP contribution in [-0.4, -0.2) is 55.8 Å². The third-order valence-corrected chi connectivity index (χ3v) is 4.87. The largest absolute Gasteiger partial charge is 0.444 e. The molecule has 0 spiro atoms. The van der Waals surface area contributed by atoms with Crippen LogP contribution >= 0.6 is 0 Å². The number of nitrogens with one attached hydrogen (secondary N) is 1. The topological polar surface area (TPSA) is 126 Å². The highest BCUT2D eigenvalue weighted by Crippen LogP contribution is 2.22. The van der Waals surface area contributed by atoms with Crippen molar-refractivity contribution in [2.24, 2.45) is 0 Å². The summed E-state index contributed by atoms with van der Waals surface area (Å²) < 4.78 is 46.9. The average Bonchev–Trinajstić information content (AvgIpc) is 3.08. The van der Waals surface area contributed by atoms with Crippen molar-refractivity contribution >= 4 is 22.1 Å². The number of rotatable bonds is 6. The fourth-order valence-electron chi connectivity index (χ4n) is 3.15. The molecule has 0 radical (unpaired) electrons. The van der Waals surface area contributed by atoms with Gasteiger partial charge in [0.25, 0.3) is 0 Å². The van der Waals surface area contributed by atoms with Gasteiger partial charge in [0, 0.05) is 19.0 Å². The molecule has 170 valence electrons. The van der Waals surface area contributed by atoms with Gasteiger partial charge >= 0.3 is 16.2 Å². The molecule has 0 bridgehead atoms. The Morgan fingerprint density at radius 2 is 2.06 bits per heavy atom. The molecule has 1 aliphatic rings. The minimum Gasteiger partial charge on any atom is -0.444 e. The van der Waals surface area contributed by atoms with Crippen LogP contribution in [0.25, 0.3) is 0 Å². The Hall–Kier alpha value is -2.87. The molecule has 2 rings (SSSR count). The monoisotopic (exact) mass is 455 g/mol. The van der Waals surface area contributed by atoms with Crippen molar-refractivity contribution in [3.8, 4) is 11.8 Å². The average molecular weight is 456 g/mol. The maximum atomic E-state index is 14.6. The lowest BCUT2D eigenvalue weighted by atomic mass is 10.0. The van der Waals surface area contributed by atoms with E-state index in [4.69, 9.17) is 4.74 Å². The Morgan fingerprint density at radius 3 is 2.61 bits per heavy atom. The van der Waals surface area contributed by atoms with Gasteiger partial charge < -0.3 is 19.1 Å². The molecular weight excluding hydrogens is 429 g/mol. The summed E-state index contributed by atoms with van der Waals surface area (Å²) in [4.78, 5) is 26.7. The molecular formula is C20H26FN3O6S. The number of hydrogen-bond donors (Lipinski definition) is 1. The summed E-state index contributed by atoms with van der Waals surface area (Å²) >= 11 is 0. The number of carbonyl (C=O) groups is 2. The first-order chi connectivity index (χ1) is 14.3. The van der Waals surface area contributed by atoms with Crippen LogP contribution in [0, 0.1) is 17.1 Å². The van der Waals surface area contributed by atoms with Crippen LogP contribution in [0.2, 0.25) is 0 Å². The summed E-state index contributed by atoms with van der Waals surface area (Å²) in [5.41, 5.74) is -0.751. The van der Waals surface area contributed by atoms with Crippen LogP contribution < -0.4 is 9.50 Å². The summed E-state index contributed by atoms with van der Waals surface area (Å²) in [6.45, 7) is 5.34.